The van der Waals surface area contributed by atoms with Crippen LogP contribution in [0, 0.1) is 0 Å². The summed E-state index contributed by atoms with van der Waals surface area (Å²) in [6, 6.07) is 7.17. The van der Waals surface area contributed by atoms with E-state index in [1.165, 1.54) is 15.9 Å². The molecule has 2 aromatic heterocycles. The number of nitrogens with zero attached hydrogens (tertiary/aromatic N) is 3. The lowest BCUT2D eigenvalue weighted by atomic mass is 10.2. The minimum absolute atomic E-state index is 0.177. The molecule has 2 N–H and O–H groups in total. The molecule has 3 aromatic rings. The number of hydrogen-bond acceptors (Lipinski definition) is 5. The molecule has 0 spiro atoms. The fourth-order valence-electron chi connectivity index (χ4n) is 1.47. The lowest BCUT2D eigenvalue weighted by Gasteiger charge is -1.95. The molecule has 3 rings (SSSR count). The van der Waals surface area contributed by atoms with Crippen molar-refractivity contribution in [3.8, 4) is 0 Å². The van der Waals surface area contributed by atoms with E-state index in [9.17, 15) is 4.79 Å². The van der Waals surface area contributed by atoms with Crippen molar-refractivity contribution in [1.82, 2.24) is 14.6 Å². The fraction of sp³-hybridized carbons (Fsp3) is 0. The Bertz CT molecular complexity index is 715. The third-order valence-corrected chi connectivity index (χ3v) is 2.86. The number of hydrogen-bond donors (Lipinski definition) is 1. The summed E-state index contributed by atoms with van der Waals surface area (Å²) < 4.78 is 1.24. The first kappa shape index (κ1) is 8.37. The molecule has 74 valence electrons. The highest BCUT2D eigenvalue weighted by Crippen LogP contribution is 2.15. The molecule has 0 aliphatic rings. The largest absolute Gasteiger partial charge is 0.374 e. The molecule has 0 saturated carbocycles. The van der Waals surface area contributed by atoms with Crippen LogP contribution in [0.25, 0.3) is 15.9 Å². The Morgan fingerprint density at radius 1 is 1.33 bits per heavy atom. The normalized spacial score (nSPS) is 11.2. The molecule has 0 aliphatic heterocycles. The molecule has 0 amide bonds. The summed E-state index contributed by atoms with van der Waals surface area (Å²) >= 11 is 1.20. The number of benzene rings is 1. The first-order chi connectivity index (χ1) is 7.25. The van der Waals surface area contributed by atoms with Crippen LogP contribution in [0.3, 0.4) is 0 Å². The summed E-state index contributed by atoms with van der Waals surface area (Å²) in [5.74, 6) is 0. The van der Waals surface area contributed by atoms with E-state index in [0.29, 0.717) is 21.0 Å². The van der Waals surface area contributed by atoms with E-state index >= 15 is 0 Å². The van der Waals surface area contributed by atoms with Crippen LogP contribution in [0.15, 0.2) is 29.1 Å². The maximum Gasteiger partial charge on any atom is 0.283 e. The van der Waals surface area contributed by atoms with Gasteiger partial charge >= 0.3 is 0 Å². The topological polar surface area (TPSA) is 73.3 Å². The summed E-state index contributed by atoms with van der Waals surface area (Å²) in [4.78, 5) is 16.7. The average molecular weight is 218 g/mol. The van der Waals surface area contributed by atoms with E-state index in [4.69, 9.17) is 5.73 Å². The van der Waals surface area contributed by atoms with E-state index in [0.717, 1.165) is 0 Å². The summed E-state index contributed by atoms with van der Waals surface area (Å²) in [5.41, 5.74) is 6.02. The molecule has 5 nitrogen and oxygen atoms in total. The standard InChI is InChI=1S/C9H6N4OS/c10-8-12-13-7(14)5-3-1-2-4-6(5)11-9(13)15-8/h1-4H,(H2,10,12). The second kappa shape index (κ2) is 2.77. The highest BCUT2D eigenvalue weighted by molar-refractivity contribution is 7.20. The third-order valence-electron chi connectivity index (χ3n) is 2.12. The summed E-state index contributed by atoms with van der Waals surface area (Å²) in [7, 11) is 0. The van der Waals surface area contributed by atoms with Gasteiger partial charge in [-0.3, -0.25) is 4.79 Å². The van der Waals surface area contributed by atoms with E-state index in [1.54, 1.807) is 18.2 Å². The van der Waals surface area contributed by atoms with Gasteiger partial charge in [0.2, 0.25) is 10.1 Å². The first-order valence-corrected chi connectivity index (χ1v) is 5.11. The highest BCUT2D eigenvalue weighted by atomic mass is 32.1. The highest BCUT2D eigenvalue weighted by Gasteiger charge is 2.08. The smallest absolute Gasteiger partial charge is 0.283 e. The lowest BCUT2D eigenvalue weighted by Crippen LogP contribution is -2.15. The van der Waals surface area contributed by atoms with Crippen molar-refractivity contribution in [2.24, 2.45) is 0 Å². The second-order valence-electron chi connectivity index (χ2n) is 3.07. The van der Waals surface area contributed by atoms with Crippen molar-refractivity contribution >= 4 is 32.3 Å². The maximum atomic E-state index is 11.9. The van der Waals surface area contributed by atoms with Crippen LogP contribution in [0.2, 0.25) is 0 Å². The van der Waals surface area contributed by atoms with E-state index in [-0.39, 0.29) is 5.56 Å². The van der Waals surface area contributed by atoms with Gasteiger partial charge in [-0.25, -0.2) is 4.98 Å². The van der Waals surface area contributed by atoms with Crippen molar-refractivity contribution in [2.75, 3.05) is 5.73 Å². The molecule has 1 aromatic carbocycles. The number of fused-ring (bicyclic) bond motifs is 2. The zero-order valence-electron chi connectivity index (χ0n) is 7.54. The zero-order valence-corrected chi connectivity index (χ0v) is 8.36. The molecule has 0 aliphatic carbocycles. The van der Waals surface area contributed by atoms with E-state index in [2.05, 4.69) is 10.1 Å². The molecule has 0 bridgehead atoms. The molecule has 0 saturated heterocycles. The number of rotatable bonds is 0. The van der Waals surface area contributed by atoms with Crippen LogP contribution >= 0.6 is 11.3 Å². The SMILES string of the molecule is Nc1nn2c(=O)c3ccccc3nc2s1. The Labute approximate surface area is 87.8 Å². The van der Waals surface area contributed by atoms with Crippen LogP contribution in [0.1, 0.15) is 0 Å². The molecule has 2 heterocycles. The summed E-state index contributed by atoms with van der Waals surface area (Å²) in [6.45, 7) is 0. The predicted molar refractivity (Wildman–Crippen MR) is 59.1 cm³/mol. The minimum Gasteiger partial charge on any atom is -0.374 e. The van der Waals surface area contributed by atoms with Crippen LogP contribution in [-0.2, 0) is 0 Å². The molecular formula is C9H6N4OS. The molecule has 15 heavy (non-hydrogen) atoms. The third kappa shape index (κ3) is 1.11. The molecule has 0 unspecified atom stereocenters. The summed E-state index contributed by atoms with van der Waals surface area (Å²) in [5, 5.41) is 4.80. The van der Waals surface area contributed by atoms with Gasteiger partial charge in [0.05, 0.1) is 10.9 Å². The Morgan fingerprint density at radius 3 is 3.00 bits per heavy atom. The van der Waals surface area contributed by atoms with Gasteiger partial charge in [-0.1, -0.05) is 23.5 Å². The molecule has 0 fully saturated rings. The molecule has 0 radical (unpaired) electrons. The van der Waals surface area contributed by atoms with Crippen molar-refractivity contribution in [1.29, 1.82) is 0 Å². The van der Waals surface area contributed by atoms with E-state index in [1.807, 2.05) is 6.07 Å². The van der Waals surface area contributed by atoms with Crippen molar-refractivity contribution in [3.05, 3.63) is 34.6 Å². The number of nitrogens with two attached hydrogens (primary N) is 1. The average Bonchev–Trinajstić information content (AvgIpc) is 2.59. The van der Waals surface area contributed by atoms with Gasteiger partial charge in [0.15, 0.2) is 0 Å². The van der Waals surface area contributed by atoms with Crippen molar-refractivity contribution in [3.63, 3.8) is 0 Å². The number of aromatic nitrogens is 3. The predicted octanol–water partition coefficient (Wildman–Crippen LogP) is 0.886. The number of anilines is 1. The van der Waals surface area contributed by atoms with Gasteiger partial charge in [-0.2, -0.15) is 4.52 Å². The quantitative estimate of drug-likeness (QED) is 0.608. The van der Waals surface area contributed by atoms with E-state index < -0.39 is 0 Å². The Kier molecular flexibility index (Phi) is 1.54. The monoisotopic (exact) mass is 218 g/mol. The van der Waals surface area contributed by atoms with Gasteiger partial charge < -0.3 is 5.73 Å². The Hall–Kier alpha value is -1.95. The molecular weight excluding hydrogens is 212 g/mol. The maximum absolute atomic E-state index is 11.9. The zero-order chi connectivity index (χ0) is 10.4. The lowest BCUT2D eigenvalue weighted by molar-refractivity contribution is 0.921. The molecule has 0 atom stereocenters. The van der Waals surface area contributed by atoms with Crippen molar-refractivity contribution < 1.29 is 0 Å². The van der Waals surface area contributed by atoms with Gasteiger partial charge in [-0.15, -0.1) is 5.10 Å². The summed E-state index contributed by atoms with van der Waals surface area (Å²) in [6.07, 6.45) is 0. The Balaban J connectivity index is 2.65. The number of para-hydroxylation sites is 1. The van der Waals surface area contributed by atoms with Gasteiger partial charge in [0.1, 0.15) is 0 Å². The minimum atomic E-state index is -0.177. The van der Waals surface area contributed by atoms with Gasteiger partial charge in [-0.05, 0) is 12.1 Å². The Morgan fingerprint density at radius 2 is 2.13 bits per heavy atom. The first-order valence-electron chi connectivity index (χ1n) is 4.30. The number of nitrogen functional groups attached to an aromatic ring is 1. The van der Waals surface area contributed by atoms with Crippen molar-refractivity contribution in [2.45, 2.75) is 0 Å². The molecule has 6 heteroatoms. The van der Waals surface area contributed by atoms with Crippen LogP contribution in [0.4, 0.5) is 5.13 Å². The van der Waals surface area contributed by atoms with Crippen LogP contribution < -0.4 is 11.3 Å². The van der Waals surface area contributed by atoms with Crippen LogP contribution in [-0.4, -0.2) is 14.6 Å². The van der Waals surface area contributed by atoms with Gasteiger partial charge in [0, 0.05) is 0 Å². The van der Waals surface area contributed by atoms with Gasteiger partial charge in [0.25, 0.3) is 5.56 Å². The fourth-order valence-corrected chi connectivity index (χ4v) is 2.13. The van der Waals surface area contributed by atoms with Crippen LogP contribution in [0.5, 0.6) is 0 Å². The second-order valence-corrected chi connectivity index (χ2v) is 4.06.